The van der Waals surface area contributed by atoms with Gasteiger partial charge in [0.05, 0.1) is 24.3 Å². The minimum Gasteiger partial charge on any atom is -0.399 e. The molecular weight excluding hydrogens is 288 g/mol. The summed E-state index contributed by atoms with van der Waals surface area (Å²) in [5.41, 5.74) is 10.8. The van der Waals surface area contributed by atoms with Gasteiger partial charge in [-0.2, -0.15) is 4.91 Å². The molecule has 1 aliphatic heterocycles. The predicted octanol–water partition coefficient (Wildman–Crippen LogP) is 3.93. The zero-order valence-electron chi connectivity index (χ0n) is 12.5. The average molecular weight is 304 g/mol. The normalized spacial score (nSPS) is 16.6. The van der Waals surface area contributed by atoms with E-state index in [1.807, 2.05) is 48.9 Å². The molecule has 0 bridgehead atoms. The largest absolute Gasteiger partial charge is 0.399 e. The highest BCUT2D eigenvalue weighted by molar-refractivity contribution is 5.69. The number of nitrogen functional groups attached to an aromatic ring is 1. The van der Waals surface area contributed by atoms with E-state index in [2.05, 4.69) is 26.9 Å². The lowest BCUT2D eigenvalue weighted by Gasteiger charge is -2.18. The Labute approximate surface area is 133 Å². The second kappa shape index (κ2) is 5.35. The topological polar surface area (TPSA) is 73.3 Å². The fourth-order valence-electron chi connectivity index (χ4n) is 3.39. The first kappa shape index (κ1) is 13.7. The van der Waals surface area contributed by atoms with Gasteiger partial charge < -0.3 is 10.3 Å². The molecule has 2 N–H and O–H groups in total. The second-order valence-electron chi connectivity index (χ2n) is 5.82. The van der Waals surface area contributed by atoms with E-state index in [1.165, 1.54) is 11.1 Å². The van der Waals surface area contributed by atoms with Crippen molar-refractivity contribution in [2.24, 2.45) is 5.18 Å². The Hall–Kier alpha value is -2.95. The monoisotopic (exact) mass is 304 g/mol. The Morgan fingerprint density at radius 2 is 2.09 bits per heavy atom. The Morgan fingerprint density at radius 3 is 2.91 bits per heavy atom. The Kier molecular flexibility index (Phi) is 3.19. The molecule has 23 heavy (non-hydrogen) atoms. The average Bonchev–Trinajstić information content (AvgIpc) is 3.14. The van der Waals surface area contributed by atoms with Crippen LogP contribution in [0.3, 0.4) is 0 Å². The van der Waals surface area contributed by atoms with E-state index in [1.54, 1.807) is 0 Å². The molecule has 1 aromatic heterocycles. The van der Waals surface area contributed by atoms with Crippen molar-refractivity contribution in [1.82, 2.24) is 9.55 Å². The predicted molar refractivity (Wildman–Crippen MR) is 89.8 cm³/mol. The number of anilines is 1. The molecule has 0 radical (unpaired) electrons. The van der Waals surface area contributed by atoms with Crippen LogP contribution in [0.1, 0.15) is 29.6 Å². The van der Waals surface area contributed by atoms with Crippen molar-refractivity contribution in [2.45, 2.75) is 18.5 Å². The maximum atomic E-state index is 11.5. The Bertz CT molecular complexity index is 871. The summed E-state index contributed by atoms with van der Waals surface area (Å²) in [6, 6.07) is 15.2. The Morgan fingerprint density at radius 1 is 1.22 bits per heavy atom. The van der Waals surface area contributed by atoms with Crippen LogP contribution in [0.25, 0.3) is 11.3 Å². The van der Waals surface area contributed by atoms with Gasteiger partial charge in [0.1, 0.15) is 6.04 Å². The maximum absolute atomic E-state index is 11.5. The van der Waals surface area contributed by atoms with E-state index in [0.29, 0.717) is 12.1 Å². The van der Waals surface area contributed by atoms with E-state index in [9.17, 15) is 4.91 Å². The summed E-state index contributed by atoms with van der Waals surface area (Å²) in [5, 5.41) is 3.35. The van der Waals surface area contributed by atoms with E-state index in [0.717, 1.165) is 11.3 Å². The van der Waals surface area contributed by atoms with Crippen molar-refractivity contribution in [3.63, 3.8) is 0 Å². The SMILES string of the molecule is Nc1cccc(C(CC2c3ccccc3-c3cncn32)N=O)c1. The summed E-state index contributed by atoms with van der Waals surface area (Å²) in [6.45, 7) is 0. The fourth-order valence-corrected chi connectivity index (χ4v) is 3.39. The van der Waals surface area contributed by atoms with Gasteiger partial charge in [0, 0.05) is 17.7 Å². The van der Waals surface area contributed by atoms with E-state index in [4.69, 9.17) is 5.73 Å². The molecule has 5 heteroatoms. The molecule has 1 aliphatic rings. The minimum absolute atomic E-state index is 0.0628. The quantitative estimate of drug-likeness (QED) is 0.586. The molecule has 2 heterocycles. The highest BCUT2D eigenvalue weighted by atomic mass is 16.3. The number of nitrogens with zero attached hydrogens (tertiary/aromatic N) is 3. The number of nitrogens with two attached hydrogens (primary N) is 1. The highest BCUT2D eigenvalue weighted by Crippen LogP contribution is 2.43. The van der Waals surface area contributed by atoms with Gasteiger partial charge >= 0.3 is 0 Å². The van der Waals surface area contributed by atoms with Crippen LogP contribution in [-0.2, 0) is 0 Å². The lowest BCUT2D eigenvalue weighted by Crippen LogP contribution is -2.09. The maximum Gasteiger partial charge on any atom is 0.119 e. The van der Waals surface area contributed by atoms with Crippen molar-refractivity contribution in [1.29, 1.82) is 0 Å². The molecule has 114 valence electrons. The second-order valence-corrected chi connectivity index (χ2v) is 5.82. The molecule has 0 saturated carbocycles. The number of fused-ring (bicyclic) bond motifs is 3. The van der Waals surface area contributed by atoms with Gasteiger partial charge in [-0.05, 0) is 23.3 Å². The van der Waals surface area contributed by atoms with Crippen LogP contribution in [0.4, 0.5) is 5.69 Å². The summed E-state index contributed by atoms with van der Waals surface area (Å²) in [4.78, 5) is 15.7. The van der Waals surface area contributed by atoms with Crippen molar-refractivity contribution >= 4 is 5.69 Å². The minimum atomic E-state index is -0.440. The molecule has 4 rings (SSSR count). The van der Waals surface area contributed by atoms with Gasteiger partial charge in [0.25, 0.3) is 0 Å². The van der Waals surface area contributed by atoms with Crippen molar-refractivity contribution in [3.05, 3.63) is 77.1 Å². The van der Waals surface area contributed by atoms with Crippen LogP contribution < -0.4 is 5.73 Å². The van der Waals surface area contributed by atoms with Crippen molar-refractivity contribution < 1.29 is 0 Å². The lowest BCUT2D eigenvalue weighted by atomic mass is 9.94. The third-order valence-corrected chi connectivity index (χ3v) is 4.47. The summed E-state index contributed by atoms with van der Waals surface area (Å²) in [7, 11) is 0. The van der Waals surface area contributed by atoms with Gasteiger partial charge in [0.2, 0.25) is 0 Å². The smallest absolute Gasteiger partial charge is 0.119 e. The standard InChI is InChI=1S/C18H16N4O/c19-13-5-3-4-12(8-13)16(21-23)9-17-14-6-1-2-7-15(14)18-10-20-11-22(17)18/h1-8,10-11,16-17H,9,19H2. The summed E-state index contributed by atoms with van der Waals surface area (Å²) in [6.07, 6.45) is 4.28. The lowest BCUT2D eigenvalue weighted by molar-refractivity contribution is 0.500. The molecule has 0 fully saturated rings. The van der Waals surface area contributed by atoms with Crippen LogP contribution in [0, 0.1) is 4.91 Å². The highest BCUT2D eigenvalue weighted by Gasteiger charge is 2.31. The summed E-state index contributed by atoms with van der Waals surface area (Å²) < 4.78 is 2.12. The number of hydrogen-bond acceptors (Lipinski definition) is 4. The van der Waals surface area contributed by atoms with Gasteiger partial charge in [0.15, 0.2) is 0 Å². The van der Waals surface area contributed by atoms with Crippen LogP contribution in [0.2, 0.25) is 0 Å². The number of benzene rings is 2. The third-order valence-electron chi connectivity index (χ3n) is 4.47. The molecule has 2 atom stereocenters. The molecule has 0 aliphatic carbocycles. The van der Waals surface area contributed by atoms with E-state index in [-0.39, 0.29) is 6.04 Å². The zero-order valence-corrected chi connectivity index (χ0v) is 12.5. The number of rotatable bonds is 4. The van der Waals surface area contributed by atoms with Crippen LogP contribution in [0.15, 0.2) is 66.2 Å². The zero-order chi connectivity index (χ0) is 15.8. The summed E-state index contributed by atoms with van der Waals surface area (Å²) >= 11 is 0. The number of hydrogen-bond donors (Lipinski definition) is 1. The molecule has 0 spiro atoms. The first-order chi connectivity index (χ1) is 11.3. The van der Waals surface area contributed by atoms with Crippen molar-refractivity contribution in [2.75, 3.05) is 5.73 Å². The first-order valence-electron chi connectivity index (χ1n) is 7.57. The Balaban J connectivity index is 1.72. The molecule has 0 saturated heterocycles. The molecule has 3 aromatic rings. The molecule has 0 amide bonds. The van der Waals surface area contributed by atoms with Gasteiger partial charge in [-0.25, -0.2) is 4.98 Å². The number of imidazole rings is 1. The molecule has 2 aromatic carbocycles. The van der Waals surface area contributed by atoms with Crippen LogP contribution in [0.5, 0.6) is 0 Å². The fraction of sp³-hybridized carbons (Fsp3) is 0.167. The van der Waals surface area contributed by atoms with Gasteiger partial charge in [-0.1, -0.05) is 41.6 Å². The van der Waals surface area contributed by atoms with Crippen molar-refractivity contribution in [3.8, 4) is 11.3 Å². The number of aromatic nitrogens is 2. The molecule has 2 unspecified atom stereocenters. The third kappa shape index (κ3) is 2.21. The summed E-state index contributed by atoms with van der Waals surface area (Å²) in [5.74, 6) is 0. The van der Waals surface area contributed by atoms with Crippen LogP contribution in [-0.4, -0.2) is 9.55 Å². The number of nitroso groups, excluding NO2 is 1. The van der Waals surface area contributed by atoms with Gasteiger partial charge in [-0.15, -0.1) is 0 Å². The van der Waals surface area contributed by atoms with E-state index >= 15 is 0 Å². The molecular formula is C18H16N4O. The molecule has 5 nitrogen and oxygen atoms in total. The first-order valence-corrected chi connectivity index (χ1v) is 7.57. The van der Waals surface area contributed by atoms with Gasteiger partial charge in [-0.3, -0.25) is 0 Å². The van der Waals surface area contributed by atoms with E-state index < -0.39 is 6.04 Å². The van der Waals surface area contributed by atoms with Crippen LogP contribution >= 0.6 is 0 Å².